The van der Waals surface area contributed by atoms with Crippen molar-refractivity contribution in [3.8, 4) is 11.1 Å². The van der Waals surface area contributed by atoms with Crippen LogP contribution in [0.25, 0.3) is 11.1 Å². The van der Waals surface area contributed by atoms with Gasteiger partial charge in [-0.1, -0.05) is 61.9 Å². The molecule has 3 rings (SSSR count). The Kier molecular flexibility index (Phi) is 8.46. The van der Waals surface area contributed by atoms with E-state index in [1.54, 1.807) is 0 Å². The van der Waals surface area contributed by atoms with Gasteiger partial charge in [-0.05, 0) is 48.4 Å². The Morgan fingerprint density at radius 1 is 0.970 bits per heavy atom. The highest BCUT2D eigenvalue weighted by Gasteiger charge is 2.29. The number of alkyl carbamates (subject to hydrolysis) is 1. The van der Waals surface area contributed by atoms with Crippen LogP contribution in [0.2, 0.25) is 0 Å². The van der Waals surface area contributed by atoms with Gasteiger partial charge in [-0.25, -0.2) is 9.59 Å². The molecule has 2 atom stereocenters. The summed E-state index contributed by atoms with van der Waals surface area (Å²) < 4.78 is 5.55. The van der Waals surface area contributed by atoms with E-state index in [0.29, 0.717) is 25.7 Å². The molecule has 0 bridgehead atoms. The van der Waals surface area contributed by atoms with Crippen LogP contribution in [-0.2, 0) is 14.3 Å². The topological polar surface area (TPSA) is 105 Å². The van der Waals surface area contributed by atoms with E-state index >= 15 is 0 Å². The van der Waals surface area contributed by atoms with Crippen molar-refractivity contribution in [3.63, 3.8) is 0 Å². The first-order valence-corrected chi connectivity index (χ1v) is 11.5. The molecule has 7 heteroatoms. The molecule has 2 aromatic rings. The van der Waals surface area contributed by atoms with Crippen LogP contribution in [0.5, 0.6) is 0 Å². The Morgan fingerprint density at radius 3 is 2.15 bits per heavy atom. The van der Waals surface area contributed by atoms with E-state index in [1.807, 2.05) is 38.1 Å². The smallest absolute Gasteiger partial charge is 0.407 e. The van der Waals surface area contributed by atoms with E-state index in [-0.39, 0.29) is 30.9 Å². The highest BCUT2D eigenvalue weighted by atomic mass is 16.5. The molecular weight excluding hydrogens is 420 g/mol. The number of nitrogens with one attached hydrogen (secondary N) is 2. The summed E-state index contributed by atoms with van der Waals surface area (Å²) in [5.41, 5.74) is 4.68. The number of rotatable bonds is 11. The molecule has 0 spiro atoms. The second kappa shape index (κ2) is 11.5. The van der Waals surface area contributed by atoms with E-state index in [9.17, 15) is 14.4 Å². The molecule has 1 unspecified atom stereocenters. The fraction of sp³-hybridized carbons (Fsp3) is 0.423. The Balaban J connectivity index is 1.42. The summed E-state index contributed by atoms with van der Waals surface area (Å²) in [6, 6.07) is 15.3. The van der Waals surface area contributed by atoms with Gasteiger partial charge in [-0.2, -0.15) is 0 Å². The molecule has 0 fully saturated rings. The van der Waals surface area contributed by atoms with Gasteiger partial charge < -0.3 is 20.5 Å². The summed E-state index contributed by atoms with van der Waals surface area (Å²) >= 11 is 0. The van der Waals surface area contributed by atoms with Crippen molar-refractivity contribution in [1.29, 1.82) is 0 Å². The van der Waals surface area contributed by atoms with Crippen molar-refractivity contribution in [2.24, 2.45) is 0 Å². The van der Waals surface area contributed by atoms with Crippen molar-refractivity contribution < 1.29 is 24.2 Å². The lowest BCUT2D eigenvalue weighted by molar-refractivity contribution is -0.142. The average molecular weight is 453 g/mol. The maximum absolute atomic E-state index is 12.3. The van der Waals surface area contributed by atoms with Gasteiger partial charge in [-0.15, -0.1) is 0 Å². The lowest BCUT2D eigenvalue weighted by Gasteiger charge is -2.17. The minimum absolute atomic E-state index is 0.00690. The molecule has 0 saturated carbocycles. The van der Waals surface area contributed by atoms with E-state index in [1.165, 1.54) is 11.1 Å². The van der Waals surface area contributed by atoms with Gasteiger partial charge in [0.1, 0.15) is 12.6 Å². The standard InChI is InChI=1S/C26H32N2O5/c1-3-9-23(25(30)31)28-24(29)15-8-10-17(2)27-26(32)33-16-22-20-13-6-4-11-18(20)19-12-5-7-14-21(19)22/h4-7,11-14,17,22-23H,3,8-10,15-16H2,1-2H3,(H,27,32)(H,28,29)(H,30,31)/t17?,23-/m1/s1. The first kappa shape index (κ1) is 24.3. The molecule has 2 amide bonds. The number of hydrogen-bond donors (Lipinski definition) is 3. The Hall–Kier alpha value is -3.35. The lowest BCUT2D eigenvalue weighted by atomic mass is 9.98. The highest BCUT2D eigenvalue weighted by molar-refractivity contribution is 5.83. The third-order valence-corrected chi connectivity index (χ3v) is 5.96. The second-order valence-corrected chi connectivity index (χ2v) is 8.51. The number of fused-ring (bicyclic) bond motifs is 3. The molecule has 0 aromatic heterocycles. The minimum Gasteiger partial charge on any atom is -0.480 e. The number of hydrogen-bond acceptors (Lipinski definition) is 4. The summed E-state index contributed by atoms with van der Waals surface area (Å²) in [5.74, 6) is -1.30. The average Bonchev–Trinajstić information content (AvgIpc) is 3.11. The number of ether oxygens (including phenoxy) is 1. The SMILES string of the molecule is CCC[C@@H](NC(=O)CCCC(C)NC(=O)OCC1c2ccccc2-c2ccccc21)C(=O)O. The highest BCUT2D eigenvalue weighted by Crippen LogP contribution is 2.44. The molecule has 0 saturated heterocycles. The molecule has 1 aliphatic carbocycles. The maximum Gasteiger partial charge on any atom is 0.407 e. The molecule has 0 radical (unpaired) electrons. The summed E-state index contributed by atoms with van der Waals surface area (Å²) in [4.78, 5) is 35.5. The molecule has 2 aromatic carbocycles. The Bertz CT molecular complexity index is 945. The molecule has 0 heterocycles. The van der Waals surface area contributed by atoms with Crippen LogP contribution in [-0.4, -0.2) is 41.8 Å². The molecule has 7 nitrogen and oxygen atoms in total. The fourth-order valence-corrected chi connectivity index (χ4v) is 4.29. The van der Waals surface area contributed by atoms with E-state index < -0.39 is 18.1 Å². The maximum atomic E-state index is 12.3. The van der Waals surface area contributed by atoms with Crippen molar-refractivity contribution in [3.05, 3.63) is 59.7 Å². The fourth-order valence-electron chi connectivity index (χ4n) is 4.29. The summed E-state index contributed by atoms with van der Waals surface area (Å²) in [7, 11) is 0. The van der Waals surface area contributed by atoms with Crippen LogP contribution in [0.3, 0.4) is 0 Å². The van der Waals surface area contributed by atoms with Gasteiger partial charge in [0.15, 0.2) is 0 Å². The number of benzene rings is 2. The minimum atomic E-state index is -1.02. The van der Waals surface area contributed by atoms with Crippen molar-refractivity contribution in [2.45, 2.75) is 64.0 Å². The normalized spacial score (nSPS) is 14.0. The molecule has 33 heavy (non-hydrogen) atoms. The van der Waals surface area contributed by atoms with Crippen LogP contribution >= 0.6 is 0 Å². The van der Waals surface area contributed by atoms with E-state index in [4.69, 9.17) is 9.84 Å². The summed E-state index contributed by atoms with van der Waals surface area (Å²) in [5, 5.41) is 14.5. The number of aliphatic carboxylic acids is 1. The van der Waals surface area contributed by atoms with Crippen LogP contribution in [0.4, 0.5) is 4.79 Å². The predicted octanol–water partition coefficient (Wildman–Crippen LogP) is 4.45. The number of carboxylic acids is 1. The lowest BCUT2D eigenvalue weighted by Crippen LogP contribution is -2.40. The zero-order valence-electron chi connectivity index (χ0n) is 19.2. The van der Waals surface area contributed by atoms with Gasteiger partial charge >= 0.3 is 12.1 Å². The number of amides is 2. The number of carbonyl (C=O) groups is 3. The Labute approximate surface area is 194 Å². The molecule has 1 aliphatic rings. The van der Waals surface area contributed by atoms with E-state index in [2.05, 4.69) is 34.9 Å². The van der Waals surface area contributed by atoms with Crippen molar-refractivity contribution in [2.75, 3.05) is 6.61 Å². The quantitative estimate of drug-likeness (QED) is 0.467. The van der Waals surface area contributed by atoms with Gasteiger partial charge in [0.2, 0.25) is 5.91 Å². The third kappa shape index (κ3) is 6.34. The van der Waals surface area contributed by atoms with Crippen LogP contribution in [0.1, 0.15) is 63.0 Å². The zero-order chi connectivity index (χ0) is 23.8. The molecule has 176 valence electrons. The number of carbonyl (C=O) groups excluding carboxylic acids is 2. The largest absolute Gasteiger partial charge is 0.480 e. The zero-order valence-corrected chi connectivity index (χ0v) is 19.2. The van der Waals surface area contributed by atoms with Gasteiger partial charge in [-0.3, -0.25) is 4.79 Å². The second-order valence-electron chi connectivity index (χ2n) is 8.51. The van der Waals surface area contributed by atoms with Crippen molar-refractivity contribution >= 4 is 18.0 Å². The third-order valence-electron chi connectivity index (χ3n) is 5.96. The van der Waals surface area contributed by atoms with Crippen LogP contribution < -0.4 is 10.6 Å². The van der Waals surface area contributed by atoms with Gasteiger partial charge in [0.25, 0.3) is 0 Å². The first-order chi connectivity index (χ1) is 15.9. The first-order valence-electron chi connectivity index (χ1n) is 11.5. The number of carboxylic acid groups (broad SMARTS) is 1. The van der Waals surface area contributed by atoms with Crippen LogP contribution in [0, 0.1) is 0 Å². The van der Waals surface area contributed by atoms with Crippen LogP contribution in [0.15, 0.2) is 48.5 Å². The van der Waals surface area contributed by atoms with E-state index in [0.717, 1.165) is 11.1 Å². The monoisotopic (exact) mass is 452 g/mol. The molecular formula is C26H32N2O5. The summed E-state index contributed by atoms with van der Waals surface area (Å²) in [6.07, 6.45) is 1.93. The molecule has 0 aliphatic heterocycles. The Morgan fingerprint density at radius 2 is 1.58 bits per heavy atom. The summed E-state index contributed by atoms with van der Waals surface area (Å²) in [6.45, 7) is 3.98. The predicted molar refractivity (Wildman–Crippen MR) is 126 cm³/mol. The van der Waals surface area contributed by atoms with Gasteiger partial charge in [0, 0.05) is 18.4 Å². The molecule has 3 N–H and O–H groups in total. The van der Waals surface area contributed by atoms with Gasteiger partial charge in [0.05, 0.1) is 0 Å². The van der Waals surface area contributed by atoms with Crippen molar-refractivity contribution in [1.82, 2.24) is 10.6 Å².